The number of aromatic nitrogens is 1. The predicted octanol–water partition coefficient (Wildman–Crippen LogP) is 3.61. The standard InChI is InChI=1S/C20H20N2O2/c1-2-19(15-5-3-14(13-23)4-6-15)22-20(24)17-7-8-18-12-21-10-9-16(18)11-17/h3-12,19,23H,2,13H2,1H3,(H,22,24). The van der Waals surface area contributed by atoms with Gasteiger partial charge in [0.05, 0.1) is 12.6 Å². The number of carbonyl (C=O) groups is 1. The van der Waals surface area contributed by atoms with Gasteiger partial charge in [0.1, 0.15) is 0 Å². The summed E-state index contributed by atoms with van der Waals surface area (Å²) in [5, 5.41) is 14.2. The van der Waals surface area contributed by atoms with Crippen LogP contribution in [0.2, 0.25) is 0 Å². The van der Waals surface area contributed by atoms with Crippen LogP contribution >= 0.6 is 0 Å². The third kappa shape index (κ3) is 3.44. The minimum atomic E-state index is -0.0909. The molecule has 24 heavy (non-hydrogen) atoms. The topological polar surface area (TPSA) is 62.2 Å². The van der Waals surface area contributed by atoms with Gasteiger partial charge < -0.3 is 10.4 Å². The summed E-state index contributed by atoms with van der Waals surface area (Å²) < 4.78 is 0. The minimum absolute atomic E-state index is 0.0232. The SMILES string of the molecule is CCC(NC(=O)c1ccc2cnccc2c1)c1ccc(CO)cc1. The number of nitrogens with one attached hydrogen (secondary N) is 1. The lowest BCUT2D eigenvalue weighted by atomic mass is 10.0. The zero-order chi connectivity index (χ0) is 16.9. The highest BCUT2D eigenvalue weighted by Crippen LogP contribution is 2.19. The zero-order valence-corrected chi connectivity index (χ0v) is 13.6. The van der Waals surface area contributed by atoms with Crippen LogP contribution < -0.4 is 5.32 Å². The van der Waals surface area contributed by atoms with E-state index >= 15 is 0 Å². The Bertz CT molecular complexity index is 844. The van der Waals surface area contributed by atoms with Gasteiger partial charge in [-0.2, -0.15) is 0 Å². The van der Waals surface area contributed by atoms with Gasteiger partial charge in [-0.05, 0) is 41.1 Å². The van der Waals surface area contributed by atoms with Crippen LogP contribution in [0.1, 0.15) is 40.9 Å². The Balaban J connectivity index is 1.79. The molecule has 0 saturated carbocycles. The van der Waals surface area contributed by atoms with Crippen LogP contribution in [0.15, 0.2) is 60.9 Å². The quantitative estimate of drug-likeness (QED) is 0.755. The maximum atomic E-state index is 12.6. The van der Waals surface area contributed by atoms with Crippen molar-refractivity contribution in [3.05, 3.63) is 77.6 Å². The molecular formula is C20H20N2O2. The summed E-state index contributed by atoms with van der Waals surface area (Å²) in [5.74, 6) is -0.0909. The summed E-state index contributed by atoms with van der Waals surface area (Å²) in [6.45, 7) is 2.06. The largest absolute Gasteiger partial charge is 0.392 e. The second-order valence-electron chi connectivity index (χ2n) is 5.77. The molecule has 0 aliphatic rings. The fourth-order valence-electron chi connectivity index (χ4n) is 2.74. The van der Waals surface area contributed by atoms with Crippen LogP contribution in [-0.2, 0) is 6.61 Å². The third-order valence-corrected chi connectivity index (χ3v) is 4.18. The summed E-state index contributed by atoms with van der Waals surface area (Å²) in [7, 11) is 0. The lowest BCUT2D eigenvalue weighted by Crippen LogP contribution is -2.28. The van der Waals surface area contributed by atoms with Crippen LogP contribution in [0.5, 0.6) is 0 Å². The Morgan fingerprint density at radius 1 is 1.12 bits per heavy atom. The highest BCUT2D eigenvalue weighted by molar-refractivity contribution is 5.98. The average Bonchev–Trinajstić information content (AvgIpc) is 2.65. The summed E-state index contributed by atoms with van der Waals surface area (Å²) in [5.41, 5.74) is 2.54. The molecule has 0 aliphatic heterocycles. The van der Waals surface area contributed by atoms with Gasteiger partial charge in [0, 0.05) is 23.3 Å². The van der Waals surface area contributed by atoms with E-state index in [-0.39, 0.29) is 18.6 Å². The Kier molecular flexibility index (Phi) is 4.87. The number of pyridine rings is 1. The van der Waals surface area contributed by atoms with Crippen LogP contribution in [0.3, 0.4) is 0 Å². The van der Waals surface area contributed by atoms with Crippen molar-refractivity contribution >= 4 is 16.7 Å². The van der Waals surface area contributed by atoms with Crippen molar-refractivity contribution in [2.24, 2.45) is 0 Å². The number of hydrogen-bond acceptors (Lipinski definition) is 3. The molecule has 0 saturated heterocycles. The lowest BCUT2D eigenvalue weighted by Gasteiger charge is -2.18. The van der Waals surface area contributed by atoms with Crippen LogP contribution in [0.4, 0.5) is 0 Å². The first-order valence-corrected chi connectivity index (χ1v) is 8.05. The van der Waals surface area contributed by atoms with E-state index in [1.807, 2.05) is 55.5 Å². The van der Waals surface area contributed by atoms with Crippen molar-refractivity contribution in [1.29, 1.82) is 0 Å². The maximum absolute atomic E-state index is 12.6. The summed E-state index contributed by atoms with van der Waals surface area (Å²) >= 11 is 0. The predicted molar refractivity (Wildman–Crippen MR) is 94.6 cm³/mol. The second-order valence-corrected chi connectivity index (χ2v) is 5.77. The molecule has 2 N–H and O–H groups in total. The number of aliphatic hydroxyl groups excluding tert-OH is 1. The first kappa shape index (κ1) is 16.1. The number of amides is 1. The number of rotatable bonds is 5. The molecule has 4 nitrogen and oxygen atoms in total. The smallest absolute Gasteiger partial charge is 0.251 e. The first-order chi connectivity index (χ1) is 11.7. The summed E-state index contributed by atoms with van der Waals surface area (Å²) in [6, 6.07) is 15.1. The zero-order valence-electron chi connectivity index (χ0n) is 13.6. The Morgan fingerprint density at radius 2 is 1.92 bits per heavy atom. The van der Waals surface area contributed by atoms with Gasteiger partial charge in [0.25, 0.3) is 5.91 Å². The van der Waals surface area contributed by atoms with E-state index in [4.69, 9.17) is 5.11 Å². The second kappa shape index (κ2) is 7.23. The van der Waals surface area contributed by atoms with Gasteiger partial charge in [0.2, 0.25) is 0 Å². The molecule has 3 rings (SSSR count). The van der Waals surface area contributed by atoms with E-state index in [2.05, 4.69) is 10.3 Å². The molecule has 1 amide bonds. The van der Waals surface area contributed by atoms with Gasteiger partial charge in [-0.3, -0.25) is 9.78 Å². The van der Waals surface area contributed by atoms with Crippen molar-refractivity contribution < 1.29 is 9.90 Å². The van der Waals surface area contributed by atoms with E-state index in [0.717, 1.165) is 28.3 Å². The maximum Gasteiger partial charge on any atom is 0.251 e. The minimum Gasteiger partial charge on any atom is -0.392 e. The van der Waals surface area contributed by atoms with Crippen LogP contribution in [0, 0.1) is 0 Å². The summed E-state index contributed by atoms with van der Waals surface area (Å²) in [6.07, 6.45) is 4.30. The number of fused-ring (bicyclic) bond motifs is 1. The molecule has 122 valence electrons. The molecule has 0 fully saturated rings. The molecule has 0 aliphatic carbocycles. The van der Waals surface area contributed by atoms with Gasteiger partial charge in [0.15, 0.2) is 0 Å². The van der Waals surface area contributed by atoms with Crippen molar-refractivity contribution in [3.8, 4) is 0 Å². The van der Waals surface area contributed by atoms with Crippen molar-refractivity contribution in [3.63, 3.8) is 0 Å². The number of benzene rings is 2. The van der Waals surface area contributed by atoms with Crippen molar-refractivity contribution in [2.75, 3.05) is 0 Å². The van der Waals surface area contributed by atoms with E-state index in [1.54, 1.807) is 12.4 Å². The molecule has 0 bridgehead atoms. The number of carbonyl (C=O) groups excluding carboxylic acids is 1. The van der Waals surface area contributed by atoms with Crippen LogP contribution in [-0.4, -0.2) is 16.0 Å². The lowest BCUT2D eigenvalue weighted by molar-refractivity contribution is 0.0935. The Hall–Kier alpha value is -2.72. The highest BCUT2D eigenvalue weighted by Gasteiger charge is 2.14. The monoisotopic (exact) mass is 320 g/mol. The molecular weight excluding hydrogens is 300 g/mol. The number of aliphatic hydroxyl groups is 1. The summed E-state index contributed by atoms with van der Waals surface area (Å²) in [4.78, 5) is 16.7. The van der Waals surface area contributed by atoms with Crippen molar-refractivity contribution in [1.82, 2.24) is 10.3 Å². The van der Waals surface area contributed by atoms with Crippen molar-refractivity contribution in [2.45, 2.75) is 26.0 Å². The normalized spacial score (nSPS) is 12.1. The fraction of sp³-hybridized carbons (Fsp3) is 0.200. The Morgan fingerprint density at radius 3 is 2.62 bits per heavy atom. The van der Waals surface area contributed by atoms with Gasteiger partial charge in [-0.15, -0.1) is 0 Å². The molecule has 0 spiro atoms. The van der Waals surface area contributed by atoms with E-state index in [1.165, 1.54) is 0 Å². The first-order valence-electron chi connectivity index (χ1n) is 8.05. The molecule has 3 aromatic rings. The van der Waals surface area contributed by atoms with E-state index in [9.17, 15) is 4.79 Å². The van der Waals surface area contributed by atoms with Gasteiger partial charge in [-0.25, -0.2) is 0 Å². The highest BCUT2D eigenvalue weighted by atomic mass is 16.3. The Labute approximate surface area is 141 Å². The number of nitrogens with zero attached hydrogens (tertiary/aromatic N) is 1. The van der Waals surface area contributed by atoms with Gasteiger partial charge in [-0.1, -0.05) is 37.3 Å². The van der Waals surface area contributed by atoms with Crippen LogP contribution in [0.25, 0.3) is 10.8 Å². The number of hydrogen-bond donors (Lipinski definition) is 2. The molecule has 4 heteroatoms. The van der Waals surface area contributed by atoms with Gasteiger partial charge >= 0.3 is 0 Å². The molecule has 1 atom stereocenters. The fourth-order valence-corrected chi connectivity index (χ4v) is 2.74. The molecule has 1 aromatic heterocycles. The molecule has 1 heterocycles. The third-order valence-electron chi connectivity index (χ3n) is 4.18. The molecule has 2 aromatic carbocycles. The van der Waals surface area contributed by atoms with E-state index in [0.29, 0.717) is 5.56 Å². The molecule has 0 radical (unpaired) electrons. The van der Waals surface area contributed by atoms with E-state index < -0.39 is 0 Å². The average molecular weight is 320 g/mol. The molecule has 1 unspecified atom stereocenters.